The maximum Gasteiger partial charge on any atom is 0.324 e. The number of carbonyl (C=O) groups is 3. The Labute approximate surface area is 92.6 Å². The maximum absolute atomic E-state index is 11.6. The van der Waals surface area contributed by atoms with Crippen LogP contribution >= 0.6 is 0 Å². The highest BCUT2D eigenvalue weighted by Gasteiger charge is 2.45. The van der Waals surface area contributed by atoms with Gasteiger partial charge in [0.1, 0.15) is 0 Å². The Morgan fingerprint density at radius 2 is 1.94 bits per heavy atom. The summed E-state index contributed by atoms with van der Waals surface area (Å²) in [6, 6.07) is -0.439. The number of imide groups is 1. The zero-order valence-electron chi connectivity index (χ0n) is 8.81. The van der Waals surface area contributed by atoms with Crippen LogP contribution in [0.5, 0.6) is 0 Å². The van der Waals surface area contributed by atoms with Crippen LogP contribution in [0.2, 0.25) is 0 Å². The van der Waals surface area contributed by atoms with E-state index in [9.17, 15) is 14.4 Å². The van der Waals surface area contributed by atoms with Crippen molar-refractivity contribution in [2.24, 2.45) is 5.92 Å². The molecule has 6 nitrogen and oxygen atoms in total. The van der Waals surface area contributed by atoms with Crippen molar-refractivity contribution < 1.29 is 14.4 Å². The second kappa shape index (κ2) is 3.20. The fourth-order valence-electron chi connectivity index (χ4n) is 2.19. The van der Waals surface area contributed by atoms with Gasteiger partial charge in [-0.05, 0) is 12.8 Å². The van der Waals surface area contributed by atoms with E-state index in [4.69, 9.17) is 0 Å². The highest BCUT2D eigenvalue weighted by Crippen LogP contribution is 2.33. The van der Waals surface area contributed by atoms with Gasteiger partial charge in [0.2, 0.25) is 11.8 Å². The van der Waals surface area contributed by atoms with Gasteiger partial charge in [-0.1, -0.05) is 0 Å². The number of amides is 4. The second-order valence-corrected chi connectivity index (χ2v) is 4.59. The van der Waals surface area contributed by atoms with Gasteiger partial charge in [0, 0.05) is 19.0 Å². The van der Waals surface area contributed by atoms with Gasteiger partial charge in [-0.2, -0.15) is 0 Å². The molecule has 2 saturated heterocycles. The maximum atomic E-state index is 11.6. The third-order valence-corrected chi connectivity index (χ3v) is 3.34. The standard InChI is InChI=1S/C10H13N3O3/c14-8-3-11-10(16)13(8)7-4-12(5-7)9(15)6-1-2-6/h6-7H,1-5H2,(H,11,16). The molecule has 16 heavy (non-hydrogen) atoms. The number of rotatable bonds is 2. The first-order valence-corrected chi connectivity index (χ1v) is 5.55. The molecule has 2 aliphatic heterocycles. The number of hydrogen-bond acceptors (Lipinski definition) is 3. The van der Waals surface area contributed by atoms with Crippen LogP contribution in [0.3, 0.4) is 0 Å². The average molecular weight is 223 g/mol. The zero-order valence-corrected chi connectivity index (χ0v) is 8.81. The van der Waals surface area contributed by atoms with Crippen molar-refractivity contribution in [3.05, 3.63) is 0 Å². The van der Waals surface area contributed by atoms with E-state index in [1.54, 1.807) is 4.90 Å². The van der Waals surface area contributed by atoms with Gasteiger partial charge in [0.05, 0.1) is 12.6 Å². The minimum atomic E-state index is -0.325. The number of urea groups is 1. The van der Waals surface area contributed by atoms with Crippen molar-refractivity contribution in [2.45, 2.75) is 18.9 Å². The molecular formula is C10H13N3O3. The summed E-state index contributed by atoms with van der Waals surface area (Å²) in [4.78, 5) is 37.3. The van der Waals surface area contributed by atoms with Crippen LogP contribution in [-0.4, -0.2) is 53.3 Å². The van der Waals surface area contributed by atoms with Crippen LogP contribution in [-0.2, 0) is 9.59 Å². The Hall–Kier alpha value is -1.59. The first-order chi connectivity index (χ1) is 7.66. The minimum absolute atomic E-state index is 0.0892. The molecule has 3 fully saturated rings. The van der Waals surface area contributed by atoms with Crippen molar-refractivity contribution in [1.29, 1.82) is 0 Å². The predicted molar refractivity (Wildman–Crippen MR) is 53.3 cm³/mol. The van der Waals surface area contributed by atoms with Crippen LogP contribution in [0.4, 0.5) is 4.79 Å². The molecule has 0 aromatic carbocycles. The molecule has 86 valence electrons. The number of carbonyl (C=O) groups excluding carboxylic acids is 3. The molecule has 4 amide bonds. The largest absolute Gasteiger partial charge is 0.338 e. The topological polar surface area (TPSA) is 69.7 Å². The van der Waals surface area contributed by atoms with Gasteiger partial charge in [-0.25, -0.2) is 4.79 Å². The fourth-order valence-corrected chi connectivity index (χ4v) is 2.19. The van der Waals surface area contributed by atoms with Gasteiger partial charge in [-0.15, -0.1) is 0 Å². The van der Waals surface area contributed by atoms with Crippen molar-refractivity contribution >= 4 is 17.8 Å². The van der Waals surface area contributed by atoms with Crippen LogP contribution in [0, 0.1) is 5.92 Å². The summed E-state index contributed by atoms with van der Waals surface area (Å²) in [7, 11) is 0. The lowest BCUT2D eigenvalue weighted by Crippen LogP contribution is -2.62. The summed E-state index contributed by atoms with van der Waals surface area (Å²) in [6.45, 7) is 1.11. The molecule has 1 saturated carbocycles. The van der Waals surface area contributed by atoms with Crippen molar-refractivity contribution in [3.63, 3.8) is 0 Å². The van der Waals surface area contributed by atoms with Gasteiger partial charge in [0.15, 0.2) is 0 Å². The second-order valence-electron chi connectivity index (χ2n) is 4.59. The lowest BCUT2D eigenvalue weighted by Gasteiger charge is -2.42. The van der Waals surface area contributed by atoms with Crippen molar-refractivity contribution in [3.8, 4) is 0 Å². The number of nitrogens with zero attached hydrogens (tertiary/aromatic N) is 2. The summed E-state index contributed by atoms with van der Waals surface area (Å²) in [5, 5.41) is 2.48. The summed E-state index contributed by atoms with van der Waals surface area (Å²) < 4.78 is 0. The number of likely N-dealkylation sites (tertiary alicyclic amines) is 1. The summed E-state index contributed by atoms with van der Waals surface area (Å²) >= 11 is 0. The van der Waals surface area contributed by atoms with E-state index in [1.807, 2.05) is 0 Å². The van der Waals surface area contributed by atoms with E-state index in [0.717, 1.165) is 12.8 Å². The molecule has 0 unspecified atom stereocenters. The Kier molecular flexibility index (Phi) is 1.92. The van der Waals surface area contributed by atoms with Crippen LogP contribution in [0.25, 0.3) is 0 Å². The Bertz CT molecular complexity index is 356. The monoisotopic (exact) mass is 223 g/mol. The molecule has 0 aromatic heterocycles. The summed E-state index contributed by atoms with van der Waals surface area (Å²) in [5.41, 5.74) is 0. The molecule has 2 heterocycles. The first-order valence-electron chi connectivity index (χ1n) is 5.55. The van der Waals surface area contributed by atoms with E-state index in [2.05, 4.69) is 5.32 Å². The van der Waals surface area contributed by atoms with Crippen LogP contribution < -0.4 is 5.32 Å². The molecule has 0 aromatic rings. The van der Waals surface area contributed by atoms with Gasteiger partial charge < -0.3 is 10.2 Å². The van der Waals surface area contributed by atoms with Gasteiger partial charge in [0.25, 0.3) is 0 Å². The molecule has 0 spiro atoms. The molecule has 1 aliphatic carbocycles. The molecule has 3 rings (SSSR count). The van der Waals surface area contributed by atoms with Gasteiger partial charge >= 0.3 is 6.03 Å². The molecule has 0 bridgehead atoms. The van der Waals surface area contributed by atoms with E-state index >= 15 is 0 Å². The number of nitrogens with one attached hydrogen (secondary N) is 1. The van der Waals surface area contributed by atoms with E-state index in [-0.39, 0.29) is 36.3 Å². The quantitative estimate of drug-likeness (QED) is 0.620. The summed E-state index contributed by atoms with van der Waals surface area (Å²) in [5.74, 6) is 0.209. The molecule has 0 radical (unpaired) electrons. The Morgan fingerprint density at radius 1 is 1.25 bits per heavy atom. The number of hydrogen-bond donors (Lipinski definition) is 1. The molecular weight excluding hydrogens is 210 g/mol. The molecule has 3 aliphatic rings. The Balaban J connectivity index is 1.58. The normalized spacial score (nSPS) is 25.8. The average Bonchev–Trinajstić information content (AvgIpc) is 2.97. The van der Waals surface area contributed by atoms with Crippen molar-refractivity contribution in [1.82, 2.24) is 15.1 Å². The molecule has 1 N–H and O–H groups in total. The smallest absolute Gasteiger partial charge is 0.324 e. The van der Waals surface area contributed by atoms with Gasteiger partial charge in [-0.3, -0.25) is 14.5 Å². The fraction of sp³-hybridized carbons (Fsp3) is 0.700. The third kappa shape index (κ3) is 1.36. The van der Waals surface area contributed by atoms with E-state index in [1.165, 1.54) is 4.90 Å². The minimum Gasteiger partial charge on any atom is -0.338 e. The highest BCUT2D eigenvalue weighted by molar-refractivity contribution is 6.02. The highest BCUT2D eigenvalue weighted by atomic mass is 16.2. The van der Waals surface area contributed by atoms with Crippen LogP contribution in [0.1, 0.15) is 12.8 Å². The van der Waals surface area contributed by atoms with E-state index in [0.29, 0.717) is 13.1 Å². The summed E-state index contributed by atoms with van der Waals surface area (Å²) in [6.07, 6.45) is 1.98. The lowest BCUT2D eigenvalue weighted by molar-refractivity contribution is -0.143. The third-order valence-electron chi connectivity index (χ3n) is 3.34. The SMILES string of the molecule is O=C(C1CC1)N1CC(N2C(=O)CNC2=O)C1. The predicted octanol–water partition coefficient (Wildman–Crippen LogP) is -0.841. The van der Waals surface area contributed by atoms with Crippen molar-refractivity contribution in [2.75, 3.05) is 19.6 Å². The molecule has 0 atom stereocenters. The van der Waals surface area contributed by atoms with Crippen LogP contribution in [0.15, 0.2) is 0 Å². The van der Waals surface area contributed by atoms with E-state index < -0.39 is 0 Å². The Morgan fingerprint density at radius 3 is 2.44 bits per heavy atom. The zero-order chi connectivity index (χ0) is 11.3. The molecule has 6 heteroatoms. The first kappa shape index (κ1) is 9.62. The lowest BCUT2D eigenvalue weighted by atomic mass is 10.1.